The number of halogens is 1. The van der Waals surface area contributed by atoms with Gasteiger partial charge in [-0.2, -0.15) is 11.8 Å². The van der Waals surface area contributed by atoms with Gasteiger partial charge in [0.05, 0.1) is 13.2 Å². The Bertz CT molecular complexity index is 364. The van der Waals surface area contributed by atoms with Crippen molar-refractivity contribution in [3.8, 4) is 0 Å². The third-order valence-electron chi connectivity index (χ3n) is 3.98. The van der Waals surface area contributed by atoms with Crippen molar-refractivity contribution >= 4 is 47.7 Å². The topological polar surface area (TPSA) is 62.7 Å². The number of esters is 1. The van der Waals surface area contributed by atoms with Crippen LogP contribution >= 0.6 is 35.7 Å². The zero-order chi connectivity index (χ0) is 17.5. The number of guanidine groups is 1. The summed E-state index contributed by atoms with van der Waals surface area (Å²) in [6, 6.07) is 0. The van der Waals surface area contributed by atoms with Crippen molar-refractivity contribution in [2.45, 2.75) is 70.5 Å². The maximum absolute atomic E-state index is 11.2. The largest absolute Gasteiger partial charge is 0.466 e. The second-order valence-corrected chi connectivity index (χ2v) is 7.51. The molecule has 1 rings (SSSR count). The molecule has 2 N–H and O–H groups in total. The smallest absolute Gasteiger partial charge is 0.305 e. The van der Waals surface area contributed by atoms with Crippen LogP contribution in [-0.2, 0) is 9.53 Å². The van der Waals surface area contributed by atoms with E-state index < -0.39 is 0 Å². The fourth-order valence-corrected chi connectivity index (χ4v) is 3.87. The molecule has 5 nitrogen and oxygen atoms in total. The first-order valence-electron chi connectivity index (χ1n) is 9.55. The Labute approximate surface area is 174 Å². The van der Waals surface area contributed by atoms with E-state index in [2.05, 4.69) is 29.3 Å². The lowest BCUT2D eigenvalue weighted by Gasteiger charge is -2.12. The van der Waals surface area contributed by atoms with Gasteiger partial charge in [-0.25, -0.2) is 0 Å². The van der Waals surface area contributed by atoms with E-state index in [-0.39, 0.29) is 29.9 Å². The van der Waals surface area contributed by atoms with E-state index in [0.717, 1.165) is 44.9 Å². The Balaban J connectivity index is 0.00000576. The van der Waals surface area contributed by atoms with E-state index in [1.807, 2.05) is 6.92 Å². The zero-order valence-electron chi connectivity index (χ0n) is 15.8. The van der Waals surface area contributed by atoms with Crippen LogP contribution in [0.4, 0.5) is 0 Å². The first-order valence-corrected chi connectivity index (χ1v) is 10.6. The molecule has 0 saturated carbocycles. The molecule has 1 aliphatic heterocycles. The normalized spacial score (nSPS) is 17.0. The van der Waals surface area contributed by atoms with Gasteiger partial charge in [-0.15, -0.1) is 24.0 Å². The lowest BCUT2D eigenvalue weighted by Crippen LogP contribution is -2.38. The van der Waals surface area contributed by atoms with Crippen LogP contribution in [0, 0.1) is 0 Å². The predicted molar refractivity (Wildman–Crippen MR) is 119 cm³/mol. The fraction of sp³-hybridized carbons (Fsp3) is 0.889. The zero-order valence-corrected chi connectivity index (χ0v) is 19.0. The number of thioether (sulfide) groups is 1. The van der Waals surface area contributed by atoms with Crippen molar-refractivity contribution in [2.24, 2.45) is 4.99 Å². The van der Waals surface area contributed by atoms with Gasteiger partial charge in [0.2, 0.25) is 0 Å². The van der Waals surface area contributed by atoms with Crippen LogP contribution in [0.3, 0.4) is 0 Å². The Hall–Kier alpha value is -0.180. The van der Waals surface area contributed by atoms with Gasteiger partial charge >= 0.3 is 5.97 Å². The summed E-state index contributed by atoms with van der Waals surface area (Å²) in [7, 11) is 0. The van der Waals surface area contributed by atoms with Gasteiger partial charge in [0.15, 0.2) is 5.96 Å². The third-order valence-corrected chi connectivity index (χ3v) is 5.36. The highest BCUT2D eigenvalue weighted by molar-refractivity contribution is 14.0. The molecule has 0 amide bonds. The maximum atomic E-state index is 11.2. The van der Waals surface area contributed by atoms with Gasteiger partial charge in [0.1, 0.15) is 0 Å². The monoisotopic (exact) mass is 485 g/mol. The van der Waals surface area contributed by atoms with Crippen LogP contribution in [0.15, 0.2) is 4.99 Å². The molecule has 148 valence electrons. The number of aliphatic imine (C=N–C) groups is 1. The molecule has 1 aliphatic rings. The van der Waals surface area contributed by atoms with E-state index in [4.69, 9.17) is 9.73 Å². The van der Waals surface area contributed by atoms with Crippen molar-refractivity contribution in [3.63, 3.8) is 0 Å². The van der Waals surface area contributed by atoms with E-state index in [1.54, 1.807) is 0 Å². The number of carbonyl (C=O) groups excluding carboxylic acids is 1. The minimum atomic E-state index is -0.0638. The summed E-state index contributed by atoms with van der Waals surface area (Å²) in [5.74, 6) is 2.18. The van der Waals surface area contributed by atoms with E-state index in [1.165, 1.54) is 31.4 Å². The molecular weight excluding hydrogens is 449 g/mol. The van der Waals surface area contributed by atoms with Gasteiger partial charge in [-0.3, -0.25) is 9.79 Å². The molecule has 0 radical (unpaired) electrons. The fourth-order valence-electron chi connectivity index (χ4n) is 2.69. The van der Waals surface area contributed by atoms with Gasteiger partial charge in [-0.05, 0) is 45.3 Å². The Morgan fingerprint density at radius 3 is 2.60 bits per heavy atom. The number of rotatable bonds is 12. The van der Waals surface area contributed by atoms with E-state index >= 15 is 0 Å². The van der Waals surface area contributed by atoms with Crippen LogP contribution in [0.5, 0.6) is 0 Å². The number of hydrogen-bond acceptors (Lipinski definition) is 4. The molecule has 1 fully saturated rings. The minimum Gasteiger partial charge on any atom is -0.466 e. The van der Waals surface area contributed by atoms with Gasteiger partial charge in [-0.1, -0.05) is 19.3 Å². The van der Waals surface area contributed by atoms with Crippen LogP contribution in [0.1, 0.15) is 65.2 Å². The number of nitrogens with one attached hydrogen (secondary N) is 2. The highest BCUT2D eigenvalue weighted by atomic mass is 127. The molecule has 0 aliphatic carbocycles. The first kappa shape index (κ1) is 24.8. The summed E-state index contributed by atoms with van der Waals surface area (Å²) in [5, 5.41) is 7.45. The lowest BCUT2D eigenvalue weighted by molar-refractivity contribution is -0.143. The molecular formula is C18H36IN3O2S. The molecule has 0 aromatic rings. The SMILES string of the molecule is CCNC(=NCC1CCCS1)NCCCCCCCC(=O)OCC.I. The van der Waals surface area contributed by atoms with Crippen molar-refractivity contribution in [2.75, 3.05) is 32.0 Å². The summed E-state index contributed by atoms with van der Waals surface area (Å²) < 4.78 is 4.93. The maximum Gasteiger partial charge on any atom is 0.305 e. The van der Waals surface area contributed by atoms with Crippen molar-refractivity contribution in [1.82, 2.24) is 10.6 Å². The third kappa shape index (κ3) is 13.7. The predicted octanol–water partition coefficient (Wildman–Crippen LogP) is 3.96. The molecule has 0 spiro atoms. The minimum absolute atomic E-state index is 0. The van der Waals surface area contributed by atoms with E-state index in [9.17, 15) is 4.79 Å². The number of unbranched alkanes of at least 4 members (excludes halogenated alkanes) is 4. The summed E-state index contributed by atoms with van der Waals surface area (Å²) in [6.45, 7) is 7.22. The summed E-state index contributed by atoms with van der Waals surface area (Å²) in [6.07, 6.45) is 8.75. The average molecular weight is 485 g/mol. The molecule has 7 heteroatoms. The molecule has 1 unspecified atom stereocenters. The van der Waals surface area contributed by atoms with Crippen LogP contribution in [-0.4, -0.2) is 49.2 Å². The van der Waals surface area contributed by atoms with Crippen LogP contribution < -0.4 is 10.6 Å². The second kappa shape index (κ2) is 17.2. The Morgan fingerprint density at radius 1 is 1.16 bits per heavy atom. The molecule has 1 heterocycles. The second-order valence-electron chi connectivity index (χ2n) is 6.10. The van der Waals surface area contributed by atoms with Crippen molar-refractivity contribution in [1.29, 1.82) is 0 Å². The highest BCUT2D eigenvalue weighted by Crippen LogP contribution is 2.25. The lowest BCUT2D eigenvalue weighted by atomic mass is 10.1. The number of ether oxygens (including phenoxy) is 1. The Morgan fingerprint density at radius 2 is 1.92 bits per heavy atom. The van der Waals surface area contributed by atoms with Gasteiger partial charge < -0.3 is 15.4 Å². The summed E-state index contributed by atoms with van der Waals surface area (Å²) >= 11 is 2.05. The average Bonchev–Trinajstić information content (AvgIpc) is 3.08. The molecule has 0 bridgehead atoms. The molecule has 25 heavy (non-hydrogen) atoms. The van der Waals surface area contributed by atoms with Crippen molar-refractivity contribution < 1.29 is 9.53 Å². The standard InChI is InChI=1S/C18H35N3O2S.HI/c1-3-19-18(21-15-16-11-10-14-24-16)20-13-9-7-5-6-8-12-17(22)23-4-2;/h16H,3-15H2,1-2H3,(H2,19,20,21);1H. The number of carbonyl (C=O) groups is 1. The molecule has 0 aromatic carbocycles. The van der Waals surface area contributed by atoms with Crippen LogP contribution in [0.2, 0.25) is 0 Å². The number of hydrogen-bond donors (Lipinski definition) is 2. The van der Waals surface area contributed by atoms with E-state index in [0.29, 0.717) is 18.3 Å². The summed E-state index contributed by atoms with van der Waals surface area (Å²) in [4.78, 5) is 15.9. The van der Waals surface area contributed by atoms with Gasteiger partial charge in [0.25, 0.3) is 0 Å². The van der Waals surface area contributed by atoms with Crippen LogP contribution in [0.25, 0.3) is 0 Å². The number of nitrogens with zero attached hydrogens (tertiary/aromatic N) is 1. The van der Waals surface area contributed by atoms with Gasteiger partial charge in [0, 0.05) is 24.8 Å². The first-order chi connectivity index (χ1) is 11.8. The quantitative estimate of drug-likeness (QED) is 0.144. The molecule has 1 atom stereocenters. The highest BCUT2D eigenvalue weighted by Gasteiger charge is 2.14. The Kier molecular flexibility index (Phi) is 17.1. The summed E-state index contributed by atoms with van der Waals surface area (Å²) in [5.41, 5.74) is 0. The molecule has 0 aromatic heterocycles. The van der Waals surface area contributed by atoms with Crippen molar-refractivity contribution in [3.05, 3.63) is 0 Å². The molecule has 1 saturated heterocycles.